The van der Waals surface area contributed by atoms with E-state index >= 15 is 0 Å². The van der Waals surface area contributed by atoms with Crippen LogP contribution in [0.5, 0.6) is 0 Å². The van der Waals surface area contributed by atoms with E-state index in [2.05, 4.69) is 91.8 Å². The van der Waals surface area contributed by atoms with E-state index in [0.717, 1.165) is 6.42 Å². The molecular weight excluding hydrogens is 300 g/mol. The van der Waals surface area contributed by atoms with Gasteiger partial charge in [-0.2, -0.15) is 0 Å². The third kappa shape index (κ3) is 3.45. The van der Waals surface area contributed by atoms with Gasteiger partial charge in [-0.05, 0) is 70.0 Å². The molecule has 0 amide bonds. The van der Waals surface area contributed by atoms with Crippen LogP contribution in [-0.4, -0.2) is 0 Å². The minimum atomic E-state index is 0.148. The van der Waals surface area contributed by atoms with Gasteiger partial charge in [-0.15, -0.1) is 0 Å². The molecule has 0 radical (unpaired) electrons. The van der Waals surface area contributed by atoms with Gasteiger partial charge in [-0.1, -0.05) is 83.5 Å². The molecule has 0 heteroatoms. The largest absolute Gasteiger partial charge is 0.0683 e. The first-order chi connectivity index (χ1) is 11.5. The van der Waals surface area contributed by atoms with Crippen molar-refractivity contribution in [1.82, 2.24) is 0 Å². The lowest BCUT2D eigenvalue weighted by molar-refractivity contribution is 0.569. The first-order valence-electron chi connectivity index (χ1n) is 9.43. The lowest BCUT2D eigenvalue weighted by Crippen LogP contribution is -2.16. The van der Waals surface area contributed by atoms with E-state index in [0.29, 0.717) is 0 Å². The molecule has 3 rings (SSSR count). The SMILES string of the molecule is CC1=Cc2c(-c3cc(C(C)(C)C)cc(C(C)(C)C)c3)ccc(C)c2C1. The van der Waals surface area contributed by atoms with Crippen LogP contribution < -0.4 is 0 Å². The van der Waals surface area contributed by atoms with Crippen LogP contribution in [0.15, 0.2) is 35.9 Å². The van der Waals surface area contributed by atoms with E-state index in [9.17, 15) is 0 Å². The Hall–Kier alpha value is -1.82. The Morgan fingerprint density at radius 2 is 1.32 bits per heavy atom. The number of rotatable bonds is 1. The molecule has 0 nitrogen and oxygen atoms in total. The third-order valence-corrected chi connectivity index (χ3v) is 5.41. The summed E-state index contributed by atoms with van der Waals surface area (Å²) in [7, 11) is 0. The van der Waals surface area contributed by atoms with Gasteiger partial charge in [0, 0.05) is 0 Å². The van der Waals surface area contributed by atoms with Crippen LogP contribution in [0.1, 0.15) is 76.3 Å². The molecule has 0 spiro atoms. The molecule has 0 unspecified atom stereocenters. The molecule has 0 fully saturated rings. The number of fused-ring (bicyclic) bond motifs is 1. The van der Waals surface area contributed by atoms with Crippen molar-refractivity contribution < 1.29 is 0 Å². The highest BCUT2D eigenvalue weighted by atomic mass is 14.3. The first kappa shape index (κ1) is 18.0. The Morgan fingerprint density at radius 3 is 1.84 bits per heavy atom. The van der Waals surface area contributed by atoms with Crippen molar-refractivity contribution in [2.45, 2.75) is 72.6 Å². The summed E-state index contributed by atoms with van der Waals surface area (Å²) in [6.07, 6.45) is 3.48. The standard InChI is InChI=1S/C25H32/c1-16-11-22-17(2)9-10-21(23(22)12-16)18-13-19(24(3,4)5)15-20(14-18)25(6,7)8/h9-10,12-15H,11H2,1-8H3. The first-order valence-corrected chi connectivity index (χ1v) is 9.43. The van der Waals surface area contributed by atoms with Crippen LogP contribution in [0, 0.1) is 6.92 Å². The highest BCUT2D eigenvalue weighted by Gasteiger charge is 2.23. The second-order valence-corrected chi connectivity index (χ2v) is 9.79. The molecule has 2 aromatic rings. The minimum Gasteiger partial charge on any atom is -0.0683 e. The zero-order chi connectivity index (χ0) is 18.6. The van der Waals surface area contributed by atoms with Crippen LogP contribution in [0.25, 0.3) is 17.2 Å². The summed E-state index contributed by atoms with van der Waals surface area (Å²) in [6, 6.07) is 11.8. The van der Waals surface area contributed by atoms with Crippen molar-refractivity contribution in [3.8, 4) is 11.1 Å². The van der Waals surface area contributed by atoms with Crippen LogP contribution in [0.3, 0.4) is 0 Å². The summed E-state index contributed by atoms with van der Waals surface area (Å²) in [5.74, 6) is 0. The second-order valence-electron chi connectivity index (χ2n) is 9.79. The number of benzene rings is 2. The minimum absolute atomic E-state index is 0.148. The second kappa shape index (κ2) is 5.87. The van der Waals surface area contributed by atoms with E-state index in [-0.39, 0.29) is 10.8 Å². The van der Waals surface area contributed by atoms with Crippen LogP contribution in [0.4, 0.5) is 0 Å². The maximum Gasteiger partial charge on any atom is -0.00577 e. The lowest BCUT2D eigenvalue weighted by atomic mass is 9.78. The highest BCUT2D eigenvalue weighted by molar-refractivity contribution is 5.82. The van der Waals surface area contributed by atoms with E-state index < -0.39 is 0 Å². The van der Waals surface area contributed by atoms with E-state index in [1.165, 1.54) is 44.5 Å². The zero-order valence-corrected chi connectivity index (χ0v) is 17.2. The van der Waals surface area contributed by atoms with Gasteiger partial charge >= 0.3 is 0 Å². The molecule has 0 saturated carbocycles. The number of aryl methyl sites for hydroxylation is 1. The molecule has 0 aliphatic heterocycles. The van der Waals surface area contributed by atoms with Gasteiger partial charge in [0.2, 0.25) is 0 Å². The van der Waals surface area contributed by atoms with Crippen molar-refractivity contribution in [1.29, 1.82) is 0 Å². The maximum absolute atomic E-state index is 2.40. The van der Waals surface area contributed by atoms with Gasteiger partial charge in [-0.25, -0.2) is 0 Å². The van der Waals surface area contributed by atoms with Crippen molar-refractivity contribution >= 4 is 6.08 Å². The highest BCUT2D eigenvalue weighted by Crippen LogP contribution is 2.39. The third-order valence-electron chi connectivity index (χ3n) is 5.41. The summed E-state index contributed by atoms with van der Waals surface area (Å²) in [4.78, 5) is 0. The molecule has 0 saturated heterocycles. The maximum atomic E-state index is 2.40. The van der Waals surface area contributed by atoms with Crippen LogP contribution in [-0.2, 0) is 17.3 Å². The molecule has 2 aromatic carbocycles. The molecule has 0 N–H and O–H groups in total. The fourth-order valence-corrected chi connectivity index (χ4v) is 3.65. The van der Waals surface area contributed by atoms with E-state index in [1.807, 2.05) is 0 Å². The number of allylic oxidation sites excluding steroid dienone is 1. The van der Waals surface area contributed by atoms with Crippen molar-refractivity contribution in [3.05, 3.63) is 63.7 Å². The smallest absolute Gasteiger partial charge is 0.00577 e. The van der Waals surface area contributed by atoms with Gasteiger partial charge in [0.25, 0.3) is 0 Å². The predicted molar refractivity (Wildman–Crippen MR) is 111 cm³/mol. The Labute approximate surface area is 154 Å². The van der Waals surface area contributed by atoms with Gasteiger partial charge < -0.3 is 0 Å². The van der Waals surface area contributed by atoms with E-state index in [1.54, 1.807) is 0 Å². The molecule has 132 valence electrons. The van der Waals surface area contributed by atoms with Gasteiger partial charge in [-0.3, -0.25) is 0 Å². The Bertz CT molecular complexity index is 817. The topological polar surface area (TPSA) is 0 Å². The Morgan fingerprint density at radius 1 is 0.760 bits per heavy atom. The van der Waals surface area contributed by atoms with Gasteiger partial charge in [0.1, 0.15) is 0 Å². The summed E-state index contributed by atoms with van der Waals surface area (Å²) in [5.41, 5.74) is 11.7. The van der Waals surface area contributed by atoms with Crippen LogP contribution in [0.2, 0.25) is 0 Å². The van der Waals surface area contributed by atoms with Crippen LogP contribution >= 0.6 is 0 Å². The van der Waals surface area contributed by atoms with Crippen molar-refractivity contribution in [2.75, 3.05) is 0 Å². The normalized spacial score (nSPS) is 14.5. The summed E-state index contributed by atoms with van der Waals surface area (Å²) < 4.78 is 0. The predicted octanol–water partition coefficient (Wildman–Crippen LogP) is 7.22. The Kier molecular flexibility index (Phi) is 4.22. The van der Waals surface area contributed by atoms with Gasteiger partial charge in [0.15, 0.2) is 0 Å². The molecule has 0 atom stereocenters. The monoisotopic (exact) mass is 332 g/mol. The molecule has 0 aromatic heterocycles. The average Bonchev–Trinajstić information content (AvgIpc) is 2.88. The fourth-order valence-electron chi connectivity index (χ4n) is 3.65. The molecule has 1 aliphatic rings. The molecule has 25 heavy (non-hydrogen) atoms. The lowest BCUT2D eigenvalue weighted by Gasteiger charge is -2.26. The summed E-state index contributed by atoms with van der Waals surface area (Å²) >= 11 is 0. The quantitative estimate of drug-likeness (QED) is 0.517. The van der Waals surface area contributed by atoms with Gasteiger partial charge in [0.05, 0.1) is 0 Å². The molecule has 1 aliphatic carbocycles. The summed E-state index contributed by atoms with van der Waals surface area (Å²) in [6.45, 7) is 18.3. The van der Waals surface area contributed by atoms with E-state index in [4.69, 9.17) is 0 Å². The molecule has 0 heterocycles. The average molecular weight is 333 g/mol. The number of hydrogen-bond donors (Lipinski definition) is 0. The Balaban J connectivity index is 2.27. The fraction of sp³-hybridized carbons (Fsp3) is 0.440. The van der Waals surface area contributed by atoms with Crippen molar-refractivity contribution in [3.63, 3.8) is 0 Å². The summed E-state index contributed by atoms with van der Waals surface area (Å²) in [5, 5.41) is 0. The zero-order valence-electron chi connectivity index (χ0n) is 17.2. The molecule has 0 bridgehead atoms. The van der Waals surface area contributed by atoms with Crippen molar-refractivity contribution in [2.24, 2.45) is 0 Å². The molecular formula is C25H32. The number of hydrogen-bond acceptors (Lipinski definition) is 0.